The van der Waals surface area contributed by atoms with Crippen LogP contribution in [0.5, 0.6) is 5.75 Å². The molecule has 0 saturated carbocycles. The average molecular weight is 234 g/mol. The number of rotatable bonds is 3. The van der Waals surface area contributed by atoms with Gasteiger partial charge in [0.05, 0.1) is 12.2 Å². The van der Waals surface area contributed by atoms with E-state index < -0.39 is 17.8 Å². The van der Waals surface area contributed by atoms with Crippen LogP contribution in [0.15, 0.2) is 18.2 Å². The monoisotopic (exact) mass is 234 g/mol. The second-order valence-corrected chi connectivity index (χ2v) is 3.64. The first-order valence-electron chi connectivity index (χ1n) is 4.79. The molecule has 2 nitrogen and oxygen atoms in total. The van der Waals surface area contributed by atoms with Gasteiger partial charge in [0.25, 0.3) is 0 Å². The number of aliphatic hydroxyl groups excluding tert-OH is 1. The molecule has 1 N–H and O–H groups in total. The molecular weight excluding hydrogens is 221 g/mol. The van der Waals surface area contributed by atoms with Crippen molar-refractivity contribution in [2.75, 3.05) is 6.61 Å². The summed E-state index contributed by atoms with van der Waals surface area (Å²) in [6.45, 7) is 2.90. The van der Waals surface area contributed by atoms with Gasteiger partial charge in [0.2, 0.25) is 0 Å². The fourth-order valence-corrected chi connectivity index (χ4v) is 1.25. The molecule has 0 fully saturated rings. The molecular formula is C11H13F3O2. The van der Waals surface area contributed by atoms with Crippen molar-refractivity contribution in [1.82, 2.24) is 0 Å². The lowest BCUT2D eigenvalue weighted by Crippen LogP contribution is -2.16. The fourth-order valence-electron chi connectivity index (χ4n) is 1.25. The van der Waals surface area contributed by atoms with Crippen molar-refractivity contribution in [3.8, 4) is 5.75 Å². The van der Waals surface area contributed by atoms with Crippen LogP contribution in [0.4, 0.5) is 13.2 Å². The van der Waals surface area contributed by atoms with Gasteiger partial charge in [-0.3, -0.25) is 0 Å². The lowest BCUT2D eigenvalue weighted by Gasteiger charge is -2.15. The number of hydrogen-bond donors (Lipinski definition) is 1. The largest absolute Gasteiger partial charge is 0.488 e. The molecule has 0 amide bonds. The van der Waals surface area contributed by atoms with Crippen molar-refractivity contribution in [3.63, 3.8) is 0 Å². The summed E-state index contributed by atoms with van der Waals surface area (Å²) >= 11 is 0. The van der Waals surface area contributed by atoms with Crippen LogP contribution in [-0.2, 0) is 6.18 Å². The molecule has 16 heavy (non-hydrogen) atoms. The van der Waals surface area contributed by atoms with Crippen molar-refractivity contribution in [2.24, 2.45) is 0 Å². The van der Waals surface area contributed by atoms with Gasteiger partial charge in [0, 0.05) is 0 Å². The summed E-state index contributed by atoms with van der Waals surface area (Å²) in [6.07, 6.45) is -4.91. The van der Waals surface area contributed by atoms with Gasteiger partial charge in [0.1, 0.15) is 11.9 Å². The van der Waals surface area contributed by atoms with Gasteiger partial charge in [-0.15, -0.1) is 0 Å². The summed E-state index contributed by atoms with van der Waals surface area (Å²) in [5.41, 5.74) is -0.275. The molecule has 0 radical (unpaired) electrons. The number of ether oxygens (including phenoxy) is 1. The molecule has 0 aromatic heterocycles. The van der Waals surface area contributed by atoms with Gasteiger partial charge in [-0.1, -0.05) is 0 Å². The average Bonchev–Trinajstić information content (AvgIpc) is 2.15. The Morgan fingerprint density at radius 2 is 1.94 bits per heavy atom. The molecule has 0 spiro atoms. The molecule has 0 aliphatic rings. The van der Waals surface area contributed by atoms with Crippen molar-refractivity contribution in [3.05, 3.63) is 29.3 Å². The first kappa shape index (κ1) is 12.8. The van der Waals surface area contributed by atoms with Crippen LogP contribution in [0.1, 0.15) is 18.1 Å². The van der Waals surface area contributed by atoms with E-state index in [2.05, 4.69) is 0 Å². The highest BCUT2D eigenvalue weighted by Crippen LogP contribution is 2.32. The summed E-state index contributed by atoms with van der Waals surface area (Å²) in [5, 5.41) is 8.75. The minimum Gasteiger partial charge on any atom is -0.488 e. The second-order valence-electron chi connectivity index (χ2n) is 3.64. The predicted molar refractivity (Wildman–Crippen MR) is 53.4 cm³/mol. The zero-order chi connectivity index (χ0) is 12.3. The van der Waals surface area contributed by atoms with Crippen LogP contribution in [0.2, 0.25) is 0 Å². The number of aliphatic hydroxyl groups is 1. The minimum absolute atomic E-state index is 0.119. The normalized spacial score (nSPS) is 13.6. The highest BCUT2D eigenvalue weighted by Gasteiger charge is 2.31. The topological polar surface area (TPSA) is 29.5 Å². The number of benzene rings is 1. The molecule has 5 heteroatoms. The van der Waals surface area contributed by atoms with Crippen LogP contribution in [-0.4, -0.2) is 17.8 Å². The van der Waals surface area contributed by atoms with Gasteiger partial charge in [0.15, 0.2) is 0 Å². The highest BCUT2D eigenvalue weighted by molar-refractivity contribution is 5.35. The predicted octanol–water partition coefficient (Wildman–Crippen LogP) is 2.77. The van der Waals surface area contributed by atoms with Gasteiger partial charge in [-0.25, -0.2) is 0 Å². The maximum atomic E-state index is 12.5. The van der Waals surface area contributed by atoms with Crippen molar-refractivity contribution >= 4 is 0 Å². The Balaban J connectivity index is 2.99. The van der Waals surface area contributed by atoms with Crippen LogP contribution in [0.25, 0.3) is 0 Å². The maximum absolute atomic E-state index is 12.5. The lowest BCUT2D eigenvalue weighted by molar-refractivity contribution is -0.137. The number of halogens is 3. The van der Waals surface area contributed by atoms with E-state index in [1.807, 2.05) is 0 Å². The zero-order valence-electron chi connectivity index (χ0n) is 9.01. The molecule has 1 unspecified atom stereocenters. The van der Waals surface area contributed by atoms with E-state index in [1.165, 1.54) is 6.07 Å². The molecule has 90 valence electrons. The Morgan fingerprint density at radius 1 is 1.31 bits per heavy atom. The van der Waals surface area contributed by atoms with Crippen molar-refractivity contribution < 1.29 is 23.0 Å². The molecule has 1 atom stereocenters. The van der Waals surface area contributed by atoms with E-state index in [1.54, 1.807) is 13.8 Å². The van der Waals surface area contributed by atoms with Crippen molar-refractivity contribution in [1.29, 1.82) is 0 Å². The standard InChI is InChI=1S/C11H13F3O2/c1-7-3-9(11(12,13)14)5-10(4-7)16-8(2)6-15/h3-5,8,15H,6H2,1-2H3. The van der Waals surface area contributed by atoms with Crippen LogP contribution >= 0.6 is 0 Å². The van der Waals surface area contributed by atoms with E-state index in [0.29, 0.717) is 5.56 Å². The van der Waals surface area contributed by atoms with E-state index in [9.17, 15) is 13.2 Å². The summed E-state index contributed by atoms with van der Waals surface area (Å²) in [4.78, 5) is 0. The zero-order valence-corrected chi connectivity index (χ0v) is 9.01. The van der Waals surface area contributed by atoms with Gasteiger partial charge in [-0.05, 0) is 37.6 Å². The molecule has 1 rings (SSSR count). The molecule has 0 bridgehead atoms. The van der Waals surface area contributed by atoms with Gasteiger partial charge >= 0.3 is 6.18 Å². The number of alkyl halides is 3. The third kappa shape index (κ3) is 3.41. The van der Waals surface area contributed by atoms with Crippen LogP contribution in [0, 0.1) is 6.92 Å². The summed E-state index contributed by atoms with van der Waals surface area (Å²) in [7, 11) is 0. The Labute approximate surface area is 91.7 Å². The molecule has 0 aliphatic carbocycles. The minimum atomic E-state index is -4.38. The first-order chi connectivity index (χ1) is 7.32. The SMILES string of the molecule is Cc1cc(OC(C)CO)cc(C(F)(F)F)c1. The highest BCUT2D eigenvalue weighted by atomic mass is 19.4. The number of aryl methyl sites for hydroxylation is 1. The van der Waals surface area contributed by atoms with Crippen LogP contribution in [0.3, 0.4) is 0 Å². The molecule has 0 heterocycles. The Bertz CT molecular complexity index is 361. The molecule has 1 aromatic rings. The quantitative estimate of drug-likeness (QED) is 0.871. The van der Waals surface area contributed by atoms with Gasteiger partial charge < -0.3 is 9.84 Å². The third-order valence-corrected chi connectivity index (χ3v) is 1.97. The van der Waals surface area contributed by atoms with Crippen molar-refractivity contribution in [2.45, 2.75) is 26.1 Å². The van der Waals surface area contributed by atoms with E-state index in [4.69, 9.17) is 9.84 Å². The Kier molecular flexibility index (Phi) is 3.80. The van der Waals surface area contributed by atoms with E-state index in [0.717, 1.165) is 12.1 Å². The summed E-state index contributed by atoms with van der Waals surface area (Å²) in [6, 6.07) is 3.48. The molecule has 1 aromatic carbocycles. The third-order valence-electron chi connectivity index (χ3n) is 1.97. The summed E-state index contributed by atoms with van der Waals surface area (Å²) in [5.74, 6) is 0.119. The number of hydrogen-bond acceptors (Lipinski definition) is 2. The lowest BCUT2D eigenvalue weighted by atomic mass is 10.1. The van der Waals surface area contributed by atoms with Gasteiger partial charge in [-0.2, -0.15) is 13.2 Å². The maximum Gasteiger partial charge on any atom is 0.416 e. The van der Waals surface area contributed by atoms with E-state index >= 15 is 0 Å². The Hall–Kier alpha value is -1.23. The summed E-state index contributed by atoms with van der Waals surface area (Å²) < 4.78 is 42.5. The molecule has 0 aliphatic heterocycles. The first-order valence-corrected chi connectivity index (χ1v) is 4.79. The molecule has 0 saturated heterocycles. The fraction of sp³-hybridized carbons (Fsp3) is 0.455. The van der Waals surface area contributed by atoms with Crippen LogP contribution < -0.4 is 4.74 Å². The second kappa shape index (κ2) is 4.74. The smallest absolute Gasteiger partial charge is 0.416 e. The van der Waals surface area contributed by atoms with E-state index in [-0.39, 0.29) is 12.4 Å². The Morgan fingerprint density at radius 3 is 2.44 bits per heavy atom.